The fourth-order valence-electron chi connectivity index (χ4n) is 2.54. The van der Waals surface area contributed by atoms with E-state index in [-0.39, 0.29) is 24.4 Å². The first-order valence-electron chi connectivity index (χ1n) is 6.35. The van der Waals surface area contributed by atoms with Crippen LogP contribution >= 0.6 is 12.4 Å². The number of amides is 1. The SMILES string of the molecule is CN(C(=O)CC1CCCO1)C1CCNCC1.Cl. The lowest BCUT2D eigenvalue weighted by Gasteiger charge is -2.32. The van der Waals surface area contributed by atoms with Gasteiger partial charge in [-0.05, 0) is 38.8 Å². The van der Waals surface area contributed by atoms with Gasteiger partial charge in [0.1, 0.15) is 0 Å². The fourth-order valence-corrected chi connectivity index (χ4v) is 2.54. The van der Waals surface area contributed by atoms with Gasteiger partial charge in [-0.2, -0.15) is 0 Å². The third kappa shape index (κ3) is 4.12. The zero-order chi connectivity index (χ0) is 11.4. The van der Waals surface area contributed by atoms with E-state index in [0.717, 1.165) is 45.4 Å². The first kappa shape index (κ1) is 14.7. The summed E-state index contributed by atoms with van der Waals surface area (Å²) in [6, 6.07) is 0.426. The molecular weight excluding hydrogens is 240 g/mol. The first-order valence-corrected chi connectivity index (χ1v) is 6.35. The van der Waals surface area contributed by atoms with Crippen molar-refractivity contribution in [2.75, 3.05) is 26.7 Å². The number of hydrogen-bond acceptors (Lipinski definition) is 3. The minimum absolute atomic E-state index is 0. The molecular formula is C12H23ClN2O2. The molecule has 5 heteroatoms. The third-order valence-corrected chi connectivity index (χ3v) is 3.68. The van der Waals surface area contributed by atoms with Gasteiger partial charge < -0.3 is 15.0 Å². The summed E-state index contributed by atoms with van der Waals surface area (Å²) < 4.78 is 5.50. The number of piperidine rings is 1. The molecule has 4 nitrogen and oxygen atoms in total. The number of nitrogens with one attached hydrogen (secondary N) is 1. The summed E-state index contributed by atoms with van der Waals surface area (Å²) in [6.07, 6.45) is 5.06. The molecule has 0 spiro atoms. The molecule has 2 aliphatic rings. The second kappa shape index (κ2) is 7.19. The Kier molecular flexibility index (Phi) is 6.23. The second-order valence-electron chi connectivity index (χ2n) is 4.82. The van der Waals surface area contributed by atoms with E-state index in [1.807, 2.05) is 11.9 Å². The van der Waals surface area contributed by atoms with Gasteiger partial charge in [0.05, 0.1) is 12.5 Å². The molecule has 2 rings (SSSR count). The quantitative estimate of drug-likeness (QED) is 0.831. The second-order valence-corrected chi connectivity index (χ2v) is 4.82. The van der Waals surface area contributed by atoms with E-state index in [1.165, 1.54) is 0 Å². The molecule has 17 heavy (non-hydrogen) atoms. The van der Waals surface area contributed by atoms with Gasteiger partial charge in [0, 0.05) is 19.7 Å². The minimum Gasteiger partial charge on any atom is -0.378 e. The zero-order valence-electron chi connectivity index (χ0n) is 10.5. The van der Waals surface area contributed by atoms with E-state index in [0.29, 0.717) is 12.5 Å². The van der Waals surface area contributed by atoms with E-state index in [9.17, 15) is 4.79 Å². The summed E-state index contributed by atoms with van der Waals surface area (Å²) in [5, 5.41) is 3.32. The molecule has 0 aromatic heterocycles. The molecule has 2 heterocycles. The summed E-state index contributed by atoms with van der Waals surface area (Å²) in [7, 11) is 1.94. The van der Waals surface area contributed by atoms with Gasteiger partial charge in [0.2, 0.25) is 5.91 Å². The molecule has 100 valence electrons. The van der Waals surface area contributed by atoms with Gasteiger partial charge in [-0.1, -0.05) is 0 Å². The summed E-state index contributed by atoms with van der Waals surface area (Å²) in [6.45, 7) is 2.89. The Morgan fingerprint density at radius 3 is 2.65 bits per heavy atom. The van der Waals surface area contributed by atoms with Gasteiger partial charge in [-0.25, -0.2) is 0 Å². The number of nitrogens with zero attached hydrogens (tertiary/aromatic N) is 1. The summed E-state index contributed by atoms with van der Waals surface area (Å²) in [5.41, 5.74) is 0. The lowest BCUT2D eigenvalue weighted by Crippen LogP contribution is -2.44. The van der Waals surface area contributed by atoms with Gasteiger partial charge in [-0.15, -0.1) is 12.4 Å². The van der Waals surface area contributed by atoms with Crippen molar-refractivity contribution in [3.8, 4) is 0 Å². The van der Waals surface area contributed by atoms with Crippen LogP contribution in [0.15, 0.2) is 0 Å². The smallest absolute Gasteiger partial charge is 0.225 e. The molecule has 0 aromatic rings. The highest BCUT2D eigenvalue weighted by molar-refractivity contribution is 5.85. The van der Waals surface area contributed by atoms with Crippen LogP contribution < -0.4 is 5.32 Å². The Bertz CT molecular complexity index is 239. The molecule has 1 atom stereocenters. The van der Waals surface area contributed by atoms with Crippen molar-refractivity contribution in [2.45, 2.75) is 44.2 Å². The maximum absolute atomic E-state index is 12.0. The van der Waals surface area contributed by atoms with Crippen LogP contribution in [0.25, 0.3) is 0 Å². The number of halogens is 1. The van der Waals surface area contributed by atoms with E-state index < -0.39 is 0 Å². The Labute approximate surface area is 109 Å². The highest BCUT2D eigenvalue weighted by Gasteiger charge is 2.25. The molecule has 0 aliphatic carbocycles. The molecule has 1 amide bonds. The van der Waals surface area contributed by atoms with Crippen LogP contribution in [0.5, 0.6) is 0 Å². The van der Waals surface area contributed by atoms with E-state index in [2.05, 4.69) is 5.32 Å². The standard InChI is InChI=1S/C12H22N2O2.ClH/c1-14(10-4-6-13-7-5-10)12(15)9-11-3-2-8-16-11;/h10-11,13H,2-9H2,1H3;1H. The first-order chi connectivity index (χ1) is 7.77. The number of ether oxygens (including phenoxy) is 1. The third-order valence-electron chi connectivity index (χ3n) is 3.68. The highest BCUT2D eigenvalue weighted by atomic mass is 35.5. The largest absolute Gasteiger partial charge is 0.378 e. The van der Waals surface area contributed by atoms with Crippen molar-refractivity contribution in [1.82, 2.24) is 10.2 Å². The van der Waals surface area contributed by atoms with Crippen LogP contribution in [0.4, 0.5) is 0 Å². The number of carbonyl (C=O) groups excluding carboxylic acids is 1. The number of rotatable bonds is 3. The van der Waals surface area contributed by atoms with Crippen LogP contribution in [-0.2, 0) is 9.53 Å². The Morgan fingerprint density at radius 1 is 1.35 bits per heavy atom. The van der Waals surface area contributed by atoms with Gasteiger partial charge in [-0.3, -0.25) is 4.79 Å². The van der Waals surface area contributed by atoms with Crippen LogP contribution in [0.1, 0.15) is 32.1 Å². The Morgan fingerprint density at radius 2 is 2.06 bits per heavy atom. The Hall–Kier alpha value is -0.320. The molecule has 2 fully saturated rings. The molecule has 2 saturated heterocycles. The fraction of sp³-hybridized carbons (Fsp3) is 0.917. The van der Waals surface area contributed by atoms with Crippen LogP contribution in [-0.4, -0.2) is 49.7 Å². The van der Waals surface area contributed by atoms with Crippen LogP contribution in [0, 0.1) is 0 Å². The monoisotopic (exact) mass is 262 g/mol. The average molecular weight is 263 g/mol. The topological polar surface area (TPSA) is 41.6 Å². The average Bonchev–Trinajstić information content (AvgIpc) is 2.82. The summed E-state index contributed by atoms with van der Waals surface area (Å²) >= 11 is 0. The minimum atomic E-state index is 0. The highest BCUT2D eigenvalue weighted by Crippen LogP contribution is 2.18. The van der Waals surface area contributed by atoms with Gasteiger partial charge in [0.25, 0.3) is 0 Å². The van der Waals surface area contributed by atoms with Gasteiger partial charge in [0.15, 0.2) is 0 Å². The molecule has 2 aliphatic heterocycles. The van der Waals surface area contributed by atoms with Crippen molar-refractivity contribution >= 4 is 18.3 Å². The molecule has 0 radical (unpaired) electrons. The summed E-state index contributed by atoms with van der Waals surface area (Å²) in [5.74, 6) is 0.249. The van der Waals surface area contributed by atoms with Crippen molar-refractivity contribution < 1.29 is 9.53 Å². The predicted octanol–water partition coefficient (Wildman–Crippen LogP) is 1.19. The van der Waals surface area contributed by atoms with Crippen molar-refractivity contribution in [3.05, 3.63) is 0 Å². The van der Waals surface area contributed by atoms with E-state index in [4.69, 9.17) is 4.74 Å². The van der Waals surface area contributed by atoms with Gasteiger partial charge >= 0.3 is 0 Å². The zero-order valence-corrected chi connectivity index (χ0v) is 11.3. The van der Waals surface area contributed by atoms with E-state index >= 15 is 0 Å². The Balaban J connectivity index is 0.00000144. The van der Waals surface area contributed by atoms with Crippen molar-refractivity contribution in [1.29, 1.82) is 0 Å². The van der Waals surface area contributed by atoms with Crippen molar-refractivity contribution in [3.63, 3.8) is 0 Å². The van der Waals surface area contributed by atoms with Crippen LogP contribution in [0.2, 0.25) is 0 Å². The molecule has 0 bridgehead atoms. The molecule has 0 saturated carbocycles. The maximum atomic E-state index is 12.0. The lowest BCUT2D eigenvalue weighted by molar-refractivity contribution is -0.134. The predicted molar refractivity (Wildman–Crippen MR) is 69.5 cm³/mol. The lowest BCUT2D eigenvalue weighted by atomic mass is 10.0. The van der Waals surface area contributed by atoms with E-state index in [1.54, 1.807) is 0 Å². The summed E-state index contributed by atoms with van der Waals surface area (Å²) in [4.78, 5) is 14.0. The number of carbonyl (C=O) groups is 1. The maximum Gasteiger partial charge on any atom is 0.225 e. The molecule has 0 aromatic carbocycles. The molecule has 1 N–H and O–H groups in total. The number of hydrogen-bond donors (Lipinski definition) is 1. The normalized spacial score (nSPS) is 25.4. The van der Waals surface area contributed by atoms with Crippen molar-refractivity contribution in [2.24, 2.45) is 0 Å². The van der Waals surface area contributed by atoms with Crippen LogP contribution in [0.3, 0.4) is 0 Å². The molecule has 1 unspecified atom stereocenters.